The molecular weight excluding hydrogens is 224 g/mol. The third kappa shape index (κ3) is 3.42. The van der Waals surface area contributed by atoms with E-state index in [4.69, 9.17) is 0 Å². The lowest BCUT2D eigenvalue weighted by atomic mass is 9.92. The summed E-state index contributed by atoms with van der Waals surface area (Å²) in [4.78, 5) is 18.1. The number of carbonyl (C=O) groups is 1. The summed E-state index contributed by atoms with van der Waals surface area (Å²) in [6, 6.07) is 3.81. The summed E-state index contributed by atoms with van der Waals surface area (Å²) in [5, 5.41) is 0. The predicted molar refractivity (Wildman–Crippen MR) is 72.8 cm³/mol. The minimum atomic E-state index is 0.109. The Balaban J connectivity index is 1.97. The first-order chi connectivity index (χ1) is 8.65. The zero-order valence-electron chi connectivity index (χ0n) is 11.0. The Hall–Kier alpha value is -1.64. The van der Waals surface area contributed by atoms with E-state index >= 15 is 0 Å². The SMILES string of the molecule is CC1CC(C)CN(C(=O)/C=C/c2cccnc2)C1. The highest BCUT2D eigenvalue weighted by Gasteiger charge is 2.23. The molecule has 1 aliphatic rings. The lowest BCUT2D eigenvalue weighted by Gasteiger charge is -2.34. The maximum Gasteiger partial charge on any atom is 0.246 e. The number of nitrogens with zero attached hydrogens (tertiary/aromatic N) is 2. The number of carbonyl (C=O) groups excluding carboxylic acids is 1. The van der Waals surface area contributed by atoms with Crippen molar-refractivity contribution in [3.8, 4) is 0 Å². The molecule has 0 saturated carbocycles. The molecule has 0 N–H and O–H groups in total. The number of pyridine rings is 1. The molecule has 3 heteroatoms. The summed E-state index contributed by atoms with van der Waals surface area (Å²) >= 11 is 0. The minimum absolute atomic E-state index is 0.109. The quantitative estimate of drug-likeness (QED) is 0.749. The average molecular weight is 244 g/mol. The van der Waals surface area contributed by atoms with Gasteiger partial charge < -0.3 is 4.90 Å². The highest BCUT2D eigenvalue weighted by Crippen LogP contribution is 2.21. The van der Waals surface area contributed by atoms with Crippen LogP contribution in [0.4, 0.5) is 0 Å². The van der Waals surface area contributed by atoms with E-state index in [-0.39, 0.29) is 5.91 Å². The van der Waals surface area contributed by atoms with Gasteiger partial charge in [0, 0.05) is 31.6 Å². The van der Waals surface area contributed by atoms with Gasteiger partial charge >= 0.3 is 0 Å². The molecule has 1 aromatic heterocycles. The van der Waals surface area contributed by atoms with Crippen molar-refractivity contribution in [1.29, 1.82) is 0 Å². The second-order valence-electron chi connectivity index (χ2n) is 5.31. The standard InChI is InChI=1S/C15H20N2O/c1-12-8-13(2)11-17(10-12)15(18)6-5-14-4-3-7-16-9-14/h3-7,9,12-13H,8,10-11H2,1-2H3/b6-5+. The summed E-state index contributed by atoms with van der Waals surface area (Å²) < 4.78 is 0. The molecule has 1 saturated heterocycles. The van der Waals surface area contributed by atoms with Gasteiger partial charge in [0.25, 0.3) is 0 Å². The van der Waals surface area contributed by atoms with Crippen molar-refractivity contribution < 1.29 is 4.79 Å². The van der Waals surface area contributed by atoms with E-state index < -0.39 is 0 Å². The summed E-state index contributed by atoms with van der Waals surface area (Å²) in [5.41, 5.74) is 0.962. The molecule has 0 radical (unpaired) electrons. The maximum absolute atomic E-state index is 12.1. The molecule has 2 heterocycles. The number of hydrogen-bond acceptors (Lipinski definition) is 2. The van der Waals surface area contributed by atoms with Gasteiger partial charge in [-0.2, -0.15) is 0 Å². The minimum Gasteiger partial charge on any atom is -0.339 e. The number of rotatable bonds is 2. The second-order valence-corrected chi connectivity index (χ2v) is 5.31. The number of aromatic nitrogens is 1. The van der Waals surface area contributed by atoms with Gasteiger partial charge in [0.1, 0.15) is 0 Å². The fourth-order valence-corrected chi connectivity index (χ4v) is 2.59. The van der Waals surface area contributed by atoms with Gasteiger partial charge in [-0.25, -0.2) is 0 Å². The van der Waals surface area contributed by atoms with Crippen LogP contribution in [-0.4, -0.2) is 28.9 Å². The Kier molecular flexibility index (Phi) is 4.13. The average Bonchev–Trinajstić information content (AvgIpc) is 2.36. The Morgan fingerprint density at radius 3 is 2.72 bits per heavy atom. The molecule has 18 heavy (non-hydrogen) atoms. The molecule has 2 rings (SSSR count). The molecule has 0 spiro atoms. The van der Waals surface area contributed by atoms with Crippen molar-refractivity contribution in [3.63, 3.8) is 0 Å². The Morgan fingerprint density at radius 1 is 1.39 bits per heavy atom. The Morgan fingerprint density at radius 2 is 2.11 bits per heavy atom. The van der Waals surface area contributed by atoms with Crippen LogP contribution < -0.4 is 0 Å². The predicted octanol–water partition coefficient (Wildman–Crippen LogP) is 2.60. The highest BCUT2D eigenvalue weighted by molar-refractivity contribution is 5.91. The molecule has 2 unspecified atom stereocenters. The van der Waals surface area contributed by atoms with E-state index in [9.17, 15) is 4.79 Å². The first kappa shape index (κ1) is 12.8. The molecular formula is C15H20N2O. The van der Waals surface area contributed by atoms with Crippen LogP contribution in [0.1, 0.15) is 25.8 Å². The van der Waals surface area contributed by atoms with Crippen molar-refractivity contribution >= 4 is 12.0 Å². The van der Waals surface area contributed by atoms with Gasteiger partial charge in [-0.1, -0.05) is 19.9 Å². The van der Waals surface area contributed by atoms with Gasteiger partial charge in [0.2, 0.25) is 5.91 Å². The van der Waals surface area contributed by atoms with E-state index in [2.05, 4.69) is 18.8 Å². The molecule has 1 aliphatic heterocycles. The molecule has 0 aromatic carbocycles. The van der Waals surface area contributed by atoms with Crippen LogP contribution in [0.3, 0.4) is 0 Å². The van der Waals surface area contributed by atoms with E-state index in [1.54, 1.807) is 18.5 Å². The summed E-state index contributed by atoms with van der Waals surface area (Å²) in [5.74, 6) is 1.31. The maximum atomic E-state index is 12.1. The number of piperidine rings is 1. The zero-order valence-corrected chi connectivity index (χ0v) is 11.0. The number of likely N-dealkylation sites (tertiary alicyclic amines) is 1. The van der Waals surface area contributed by atoms with E-state index in [1.165, 1.54) is 6.42 Å². The van der Waals surface area contributed by atoms with Gasteiger partial charge in [0.05, 0.1) is 0 Å². The van der Waals surface area contributed by atoms with E-state index in [0.29, 0.717) is 11.8 Å². The lowest BCUT2D eigenvalue weighted by Crippen LogP contribution is -2.41. The first-order valence-corrected chi connectivity index (χ1v) is 6.52. The normalized spacial score (nSPS) is 24.4. The van der Waals surface area contributed by atoms with Gasteiger partial charge in [-0.15, -0.1) is 0 Å². The van der Waals surface area contributed by atoms with Crippen LogP contribution in [0.2, 0.25) is 0 Å². The lowest BCUT2D eigenvalue weighted by molar-refractivity contribution is -0.128. The fraction of sp³-hybridized carbons (Fsp3) is 0.467. The van der Waals surface area contributed by atoms with Crippen LogP contribution in [0.5, 0.6) is 0 Å². The van der Waals surface area contributed by atoms with Crippen LogP contribution in [-0.2, 0) is 4.79 Å². The zero-order chi connectivity index (χ0) is 13.0. The monoisotopic (exact) mass is 244 g/mol. The topological polar surface area (TPSA) is 33.2 Å². The summed E-state index contributed by atoms with van der Waals surface area (Å²) in [6.45, 7) is 6.17. The third-order valence-electron chi connectivity index (χ3n) is 3.28. The highest BCUT2D eigenvalue weighted by atomic mass is 16.2. The summed E-state index contributed by atoms with van der Waals surface area (Å²) in [7, 11) is 0. The van der Waals surface area contributed by atoms with Crippen LogP contribution in [0, 0.1) is 11.8 Å². The largest absolute Gasteiger partial charge is 0.339 e. The van der Waals surface area contributed by atoms with Crippen LogP contribution >= 0.6 is 0 Å². The molecule has 1 fully saturated rings. The third-order valence-corrected chi connectivity index (χ3v) is 3.28. The van der Waals surface area contributed by atoms with Crippen molar-refractivity contribution in [2.75, 3.05) is 13.1 Å². The Labute approximate surface area is 109 Å². The van der Waals surface area contributed by atoms with E-state index in [0.717, 1.165) is 18.7 Å². The molecule has 1 amide bonds. The van der Waals surface area contributed by atoms with Crippen molar-refractivity contribution in [2.24, 2.45) is 11.8 Å². The van der Waals surface area contributed by atoms with Crippen LogP contribution in [0.25, 0.3) is 6.08 Å². The molecule has 2 atom stereocenters. The number of hydrogen-bond donors (Lipinski definition) is 0. The van der Waals surface area contributed by atoms with Gasteiger partial charge in [0.15, 0.2) is 0 Å². The van der Waals surface area contributed by atoms with Gasteiger partial charge in [-0.05, 0) is 36.0 Å². The fourth-order valence-electron chi connectivity index (χ4n) is 2.59. The van der Waals surface area contributed by atoms with Crippen molar-refractivity contribution in [3.05, 3.63) is 36.2 Å². The van der Waals surface area contributed by atoms with Crippen molar-refractivity contribution in [2.45, 2.75) is 20.3 Å². The van der Waals surface area contributed by atoms with Crippen molar-refractivity contribution in [1.82, 2.24) is 9.88 Å². The number of amides is 1. The molecule has 3 nitrogen and oxygen atoms in total. The second kappa shape index (κ2) is 5.80. The van der Waals surface area contributed by atoms with Crippen LogP contribution in [0.15, 0.2) is 30.6 Å². The Bertz CT molecular complexity index is 417. The molecule has 0 aliphatic carbocycles. The molecule has 0 bridgehead atoms. The van der Waals surface area contributed by atoms with E-state index in [1.807, 2.05) is 23.1 Å². The smallest absolute Gasteiger partial charge is 0.246 e. The first-order valence-electron chi connectivity index (χ1n) is 6.52. The summed E-state index contributed by atoms with van der Waals surface area (Å²) in [6.07, 6.45) is 8.19. The van der Waals surface area contributed by atoms with Gasteiger partial charge in [-0.3, -0.25) is 9.78 Å². The molecule has 1 aromatic rings. The molecule has 96 valence electrons.